The molecule has 0 unspecified atom stereocenters. The number of nitrogens with two attached hydrogens (primary N) is 2. The molecule has 0 saturated heterocycles. The Labute approximate surface area is 136 Å². The minimum absolute atomic E-state index is 0.287. The highest BCUT2D eigenvalue weighted by Crippen LogP contribution is 2.09. The first kappa shape index (κ1) is 16.6. The molecule has 0 aliphatic heterocycles. The van der Waals surface area contributed by atoms with Crippen molar-refractivity contribution in [1.29, 1.82) is 0 Å². The van der Waals surface area contributed by atoms with Crippen molar-refractivity contribution >= 4 is 20.2 Å². The minimum atomic E-state index is -2.63. The standard InChI is InChI=1S/C16H20N4O2Si/c1-23(2,21-19-15(17)13-9-5-3-6-10-13)22-20-16(18)14-11-7-4-8-12-14/h3-12H,1-2H3,(H2,17,19)(H2,18,20). The molecule has 7 heteroatoms. The molecule has 0 aliphatic rings. The van der Waals surface area contributed by atoms with Gasteiger partial charge in [0, 0.05) is 24.2 Å². The summed E-state index contributed by atoms with van der Waals surface area (Å²) in [6, 6.07) is 18.7. The van der Waals surface area contributed by atoms with E-state index in [1.165, 1.54) is 0 Å². The molecule has 23 heavy (non-hydrogen) atoms. The smallest absolute Gasteiger partial charge is 0.407 e. The summed E-state index contributed by atoms with van der Waals surface area (Å²) >= 11 is 0. The van der Waals surface area contributed by atoms with Crippen molar-refractivity contribution in [3.63, 3.8) is 0 Å². The minimum Gasteiger partial charge on any atom is -0.407 e. The number of amidine groups is 2. The Morgan fingerprint density at radius 3 is 1.43 bits per heavy atom. The molecule has 0 saturated carbocycles. The molecule has 6 nitrogen and oxygen atoms in total. The fraction of sp³-hybridized carbons (Fsp3) is 0.125. The molecular weight excluding hydrogens is 308 g/mol. The van der Waals surface area contributed by atoms with Gasteiger partial charge in [0.05, 0.1) is 0 Å². The number of nitrogens with zero attached hydrogens (tertiary/aromatic N) is 2. The number of oxime groups is 2. The summed E-state index contributed by atoms with van der Waals surface area (Å²) in [6.07, 6.45) is 0. The quantitative estimate of drug-likeness (QED) is 0.368. The first-order valence-corrected chi connectivity index (χ1v) is 9.94. The van der Waals surface area contributed by atoms with Gasteiger partial charge in [0.15, 0.2) is 11.7 Å². The van der Waals surface area contributed by atoms with Crippen LogP contribution in [0.3, 0.4) is 0 Å². The zero-order chi connectivity index (χ0) is 16.7. The van der Waals surface area contributed by atoms with E-state index >= 15 is 0 Å². The van der Waals surface area contributed by atoms with Gasteiger partial charge in [0.2, 0.25) is 0 Å². The summed E-state index contributed by atoms with van der Waals surface area (Å²) < 4.78 is 10.9. The molecule has 120 valence electrons. The fourth-order valence-electron chi connectivity index (χ4n) is 1.66. The molecule has 0 aliphatic carbocycles. The van der Waals surface area contributed by atoms with Gasteiger partial charge < -0.3 is 20.5 Å². The van der Waals surface area contributed by atoms with Crippen molar-refractivity contribution in [2.45, 2.75) is 13.1 Å². The van der Waals surface area contributed by atoms with Gasteiger partial charge in [-0.1, -0.05) is 71.0 Å². The molecule has 2 rings (SSSR count). The lowest BCUT2D eigenvalue weighted by Gasteiger charge is -2.17. The molecule has 0 radical (unpaired) electrons. The lowest BCUT2D eigenvalue weighted by molar-refractivity contribution is 0.192. The van der Waals surface area contributed by atoms with Crippen molar-refractivity contribution in [3.8, 4) is 0 Å². The van der Waals surface area contributed by atoms with E-state index in [2.05, 4.69) is 10.3 Å². The zero-order valence-corrected chi connectivity index (χ0v) is 14.1. The summed E-state index contributed by atoms with van der Waals surface area (Å²) in [4.78, 5) is 0. The largest absolute Gasteiger partial charge is 0.503 e. The summed E-state index contributed by atoms with van der Waals surface area (Å²) in [7, 11) is -2.63. The number of benzene rings is 2. The Morgan fingerprint density at radius 2 is 1.09 bits per heavy atom. The topological polar surface area (TPSA) is 95.2 Å². The molecule has 0 aromatic heterocycles. The third-order valence-corrected chi connectivity index (χ3v) is 3.93. The van der Waals surface area contributed by atoms with E-state index in [9.17, 15) is 0 Å². The Hall–Kier alpha value is -2.80. The lowest BCUT2D eigenvalue weighted by Crippen LogP contribution is -2.33. The van der Waals surface area contributed by atoms with Crippen LogP contribution in [0.1, 0.15) is 11.1 Å². The van der Waals surface area contributed by atoms with Crippen molar-refractivity contribution in [2.75, 3.05) is 0 Å². The summed E-state index contributed by atoms with van der Waals surface area (Å²) in [5, 5.41) is 7.88. The molecule has 0 bridgehead atoms. The average molecular weight is 328 g/mol. The third kappa shape index (κ3) is 5.15. The van der Waals surface area contributed by atoms with Gasteiger partial charge in [-0.3, -0.25) is 0 Å². The van der Waals surface area contributed by atoms with Crippen LogP contribution < -0.4 is 11.5 Å². The molecule has 2 aromatic carbocycles. The van der Waals surface area contributed by atoms with Crippen LogP contribution in [-0.4, -0.2) is 20.2 Å². The third-order valence-electron chi connectivity index (χ3n) is 2.87. The molecule has 0 fully saturated rings. The highest BCUT2D eigenvalue weighted by molar-refractivity contribution is 6.64. The Kier molecular flexibility index (Phi) is 5.37. The van der Waals surface area contributed by atoms with Crippen LogP contribution in [0, 0.1) is 0 Å². The van der Waals surface area contributed by atoms with Crippen molar-refractivity contribution < 1.29 is 9.05 Å². The molecule has 0 heterocycles. The summed E-state index contributed by atoms with van der Waals surface area (Å²) in [5.41, 5.74) is 13.3. The van der Waals surface area contributed by atoms with Gasteiger partial charge in [0.1, 0.15) is 0 Å². The first-order chi connectivity index (χ1) is 11.0. The average Bonchev–Trinajstić information content (AvgIpc) is 2.59. The maximum atomic E-state index is 5.88. The van der Waals surface area contributed by atoms with Crippen LogP contribution in [0.2, 0.25) is 13.1 Å². The van der Waals surface area contributed by atoms with E-state index in [0.717, 1.165) is 11.1 Å². The Balaban J connectivity index is 1.99. The van der Waals surface area contributed by atoms with Crippen LogP contribution in [-0.2, 0) is 9.05 Å². The van der Waals surface area contributed by atoms with Crippen molar-refractivity contribution in [1.82, 2.24) is 0 Å². The van der Waals surface area contributed by atoms with E-state index in [1.54, 1.807) is 13.1 Å². The van der Waals surface area contributed by atoms with Crippen LogP contribution in [0.4, 0.5) is 0 Å². The molecule has 4 N–H and O–H groups in total. The van der Waals surface area contributed by atoms with Crippen LogP contribution in [0.15, 0.2) is 71.0 Å². The predicted octanol–water partition coefficient (Wildman–Crippen LogP) is 2.36. The maximum Gasteiger partial charge on any atom is 0.503 e. The normalized spacial score (nSPS) is 12.8. The zero-order valence-electron chi connectivity index (χ0n) is 13.1. The second kappa shape index (κ2) is 7.46. The van der Waals surface area contributed by atoms with Gasteiger partial charge in [0.25, 0.3) is 0 Å². The van der Waals surface area contributed by atoms with E-state index < -0.39 is 8.56 Å². The number of hydrogen-bond donors (Lipinski definition) is 2. The SMILES string of the molecule is C[Si](C)(ON=C(N)c1ccccc1)ON=C(N)c1ccccc1. The lowest BCUT2D eigenvalue weighted by atomic mass is 10.2. The highest BCUT2D eigenvalue weighted by Gasteiger charge is 2.30. The molecule has 0 amide bonds. The van der Waals surface area contributed by atoms with Crippen LogP contribution >= 0.6 is 0 Å². The van der Waals surface area contributed by atoms with Gasteiger partial charge in [-0.2, -0.15) is 0 Å². The summed E-state index contributed by atoms with van der Waals surface area (Å²) in [5.74, 6) is 0.574. The first-order valence-electron chi connectivity index (χ1n) is 7.12. The second-order valence-electron chi connectivity index (χ2n) is 5.27. The molecule has 2 aromatic rings. The second-order valence-corrected chi connectivity index (χ2v) is 8.43. The predicted molar refractivity (Wildman–Crippen MR) is 94.0 cm³/mol. The van der Waals surface area contributed by atoms with E-state index in [-0.39, 0.29) is 11.7 Å². The monoisotopic (exact) mass is 328 g/mol. The number of hydrogen-bond acceptors (Lipinski definition) is 4. The molecular formula is C16H20N4O2Si. The van der Waals surface area contributed by atoms with Gasteiger partial charge in [-0.05, 0) is 0 Å². The van der Waals surface area contributed by atoms with Gasteiger partial charge in [-0.25, -0.2) is 0 Å². The summed E-state index contributed by atoms with van der Waals surface area (Å²) in [6.45, 7) is 3.60. The van der Waals surface area contributed by atoms with Crippen molar-refractivity contribution in [3.05, 3.63) is 71.8 Å². The highest BCUT2D eigenvalue weighted by atomic mass is 28.4. The van der Waals surface area contributed by atoms with Crippen LogP contribution in [0.5, 0.6) is 0 Å². The molecule has 0 atom stereocenters. The number of rotatable bonds is 6. The molecule has 0 spiro atoms. The van der Waals surface area contributed by atoms with Gasteiger partial charge >= 0.3 is 8.56 Å². The van der Waals surface area contributed by atoms with Crippen LogP contribution in [0.25, 0.3) is 0 Å². The Bertz CT molecular complexity index is 628. The van der Waals surface area contributed by atoms with E-state index in [1.807, 2.05) is 60.7 Å². The van der Waals surface area contributed by atoms with E-state index in [0.29, 0.717) is 0 Å². The maximum absolute atomic E-state index is 5.88. The van der Waals surface area contributed by atoms with Crippen molar-refractivity contribution in [2.24, 2.45) is 21.8 Å². The van der Waals surface area contributed by atoms with Gasteiger partial charge in [-0.15, -0.1) is 0 Å². The van der Waals surface area contributed by atoms with E-state index in [4.69, 9.17) is 20.5 Å². The fourth-order valence-corrected chi connectivity index (χ4v) is 2.33. The Morgan fingerprint density at radius 1 is 0.739 bits per heavy atom.